The summed E-state index contributed by atoms with van der Waals surface area (Å²) in [6.07, 6.45) is 3.36. The van der Waals surface area contributed by atoms with Crippen LogP contribution in [0.25, 0.3) is 22.4 Å². The van der Waals surface area contributed by atoms with Crippen LogP contribution in [-0.2, 0) is 0 Å². The van der Waals surface area contributed by atoms with Crippen LogP contribution >= 0.6 is 0 Å². The molecule has 0 aliphatic heterocycles. The van der Waals surface area contributed by atoms with E-state index in [1.807, 2.05) is 19.1 Å². The Morgan fingerprint density at radius 1 is 1.14 bits per heavy atom. The molecular weight excluding hydrogens is 359 g/mol. The van der Waals surface area contributed by atoms with Crippen molar-refractivity contribution >= 4 is 17.0 Å². The number of carbonyl (C=O) groups is 1. The third-order valence-corrected chi connectivity index (χ3v) is 4.56. The SMILES string of the molecule is Cc1noc2nc(-c3ccc(F)cc3)cc(C(=O)NC(C)c3ccncc3)c12. The minimum Gasteiger partial charge on any atom is -0.345 e. The molecule has 1 unspecified atom stereocenters. The highest BCUT2D eigenvalue weighted by molar-refractivity contribution is 6.07. The van der Waals surface area contributed by atoms with Crippen molar-refractivity contribution in [3.63, 3.8) is 0 Å². The molecule has 0 spiro atoms. The normalized spacial score (nSPS) is 12.1. The summed E-state index contributed by atoms with van der Waals surface area (Å²) in [4.78, 5) is 21.5. The summed E-state index contributed by atoms with van der Waals surface area (Å²) < 4.78 is 18.5. The number of rotatable bonds is 4. The highest BCUT2D eigenvalue weighted by Crippen LogP contribution is 2.27. The summed E-state index contributed by atoms with van der Waals surface area (Å²) in [5.74, 6) is -0.615. The molecule has 28 heavy (non-hydrogen) atoms. The average Bonchev–Trinajstić information content (AvgIpc) is 3.09. The Morgan fingerprint density at radius 2 is 1.86 bits per heavy atom. The molecular formula is C21H17FN4O2. The molecule has 3 heterocycles. The maximum absolute atomic E-state index is 13.3. The summed E-state index contributed by atoms with van der Waals surface area (Å²) in [5, 5.41) is 7.49. The Hall–Kier alpha value is -3.61. The molecule has 7 heteroatoms. The molecule has 4 rings (SSSR count). The first-order chi connectivity index (χ1) is 13.5. The smallest absolute Gasteiger partial charge is 0.259 e. The van der Waals surface area contributed by atoms with Crippen molar-refractivity contribution in [2.75, 3.05) is 0 Å². The van der Waals surface area contributed by atoms with Crippen LogP contribution in [0.3, 0.4) is 0 Å². The molecule has 3 aromatic heterocycles. The minimum atomic E-state index is -0.343. The fourth-order valence-corrected chi connectivity index (χ4v) is 3.05. The second-order valence-corrected chi connectivity index (χ2v) is 6.49. The maximum atomic E-state index is 13.3. The molecule has 0 radical (unpaired) electrons. The van der Waals surface area contributed by atoms with E-state index in [1.165, 1.54) is 12.1 Å². The highest BCUT2D eigenvalue weighted by atomic mass is 19.1. The number of halogens is 1. The monoisotopic (exact) mass is 376 g/mol. The number of aryl methyl sites for hydroxylation is 1. The average molecular weight is 376 g/mol. The molecule has 4 aromatic rings. The molecule has 1 amide bonds. The number of hydrogen-bond donors (Lipinski definition) is 1. The van der Waals surface area contributed by atoms with Gasteiger partial charge in [0.05, 0.1) is 28.4 Å². The van der Waals surface area contributed by atoms with Gasteiger partial charge in [-0.05, 0) is 61.9 Å². The van der Waals surface area contributed by atoms with Crippen LogP contribution < -0.4 is 5.32 Å². The summed E-state index contributed by atoms with van der Waals surface area (Å²) in [5.41, 5.74) is 3.37. The van der Waals surface area contributed by atoms with Crippen LogP contribution in [0.1, 0.15) is 34.6 Å². The Morgan fingerprint density at radius 3 is 2.57 bits per heavy atom. The molecule has 0 aliphatic rings. The number of pyridine rings is 2. The van der Waals surface area contributed by atoms with E-state index in [0.29, 0.717) is 27.9 Å². The van der Waals surface area contributed by atoms with Gasteiger partial charge in [0.2, 0.25) is 0 Å². The number of nitrogens with one attached hydrogen (secondary N) is 1. The van der Waals surface area contributed by atoms with E-state index in [1.54, 1.807) is 37.5 Å². The minimum absolute atomic E-state index is 0.215. The predicted octanol–water partition coefficient (Wildman–Crippen LogP) is 4.22. The second-order valence-electron chi connectivity index (χ2n) is 6.49. The number of carbonyl (C=O) groups excluding carboxylic acids is 1. The number of amides is 1. The number of nitrogens with zero attached hydrogens (tertiary/aromatic N) is 3. The lowest BCUT2D eigenvalue weighted by molar-refractivity contribution is 0.0941. The third kappa shape index (κ3) is 3.34. The molecule has 1 N–H and O–H groups in total. The molecule has 0 bridgehead atoms. The standard InChI is InChI=1S/C21H17FN4O2/c1-12(14-7-9-23-10-8-14)24-20(27)17-11-18(15-3-5-16(22)6-4-15)25-21-19(17)13(2)26-28-21/h3-12H,1-2H3,(H,24,27). The summed E-state index contributed by atoms with van der Waals surface area (Å²) in [6.45, 7) is 3.65. The zero-order valence-corrected chi connectivity index (χ0v) is 15.3. The van der Waals surface area contributed by atoms with E-state index in [-0.39, 0.29) is 23.5 Å². The van der Waals surface area contributed by atoms with Crippen LogP contribution in [-0.4, -0.2) is 21.0 Å². The summed E-state index contributed by atoms with van der Waals surface area (Å²) >= 11 is 0. The van der Waals surface area contributed by atoms with E-state index in [2.05, 4.69) is 20.4 Å². The van der Waals surface area contributed by atoms with Gasteiger partial charge in [0.1, 0.15) is 5.82 Å². The van der Waals surface area contributed by atoms with Gasteiger partial charge in [-0.3, -0.25) is 9.78 Å². The van der Waals surface area contributed by atoms with Crippen molar-refractivity contribution in [2.24, 2.45) is 0 Å². The molecule has 6 nitrogen and oxygen atoms in total. The lowest BCUT2D eigenvalue weighted by Gasteiger charge is -2.15. The van der Waals surface area contributed by atoms with E-state index in [9.17, 15) is 9.18 Å². The molecule has 0 aliphatic carbocycles. The van der Waals surface area contributed by atoms with Crippen LogP contribution in [0.4, 0.5) is 4.39 Å². The molecule has 140 valence electrons. The Labute approximate surface area is 160 Å². The third-order valence-electron chi connectivity index (χ3n) is 4.56. The molecule has 0 saturated heterocycles. The van der Waals surface area contributed by atoms with E-state index in [0.717, 1.165) is 5.56 Å². The fourth-order valence-electron chi connectivity index (χ4n) is 3.05. The van der Waals surface area contributed by atoms with Gasteiger partial charge in [-0.1, -0.05) is 5.16 Å². The number of hydrogen-bond acceptors (Lipinski definition) is 5. The van der Waals surface area contributed by atoms with Gasteiger partial charge in [0.15, 0.2) is 0 Å². The van der Waals surface area contributed by atoms with Crippen molar-refractivity contribution in [2.45, 2.75) is 19.9 Å². The first kappa shape index (κ1) is 17.8. The van der Waals surface area contributed by atoms with Gasteiger partial charge in [-0.15, -0.1) is 0 Å². The van der Waals surface area contributed by atoms with Crippen molar-refractivity contribution < 1.29 is 13.7 Å². The van der Waals surface area contributed by atoms with Crippen molar-refractivity contribution in [3.8, 4) is 11.3 Å². The largest absolute Gasteiger partial charge is 0.345 e. The summed E-state index contributed by atoms with van der Waals surface area (Å²) in [7, 11) is 0. The number of aromatic nitrogens is 3. The fraction of sp³-hybridized carbons (Fsp3) is 0.143. The lowest BCUT2D eigenvalue weighted by Crippen LogP contribution is -2.27. The van der Waals surface area contributed by atoms with Crippen LogP contribution in [0, 0.1) is 12.7 Å². The van der Waals surface area contributed by atoms with Crippen LogP contribution in [0.2, 0.25) is 0 Å². The highest BCUT2D eigenvalue weighted by Gasteiger charge is 2.21. The van der Waals surface area contributed by atoms with Crippen LogP contribution in [0.15, 0.2) is 59.4 Å². The number of fused-ring (bicyclic) bond motifs is 1. The first-order valence-electron chi connectivity index (χ1n) is 8.76. The zero-order valence-electron chi connectivity index (χ0n) is 15.3. The van der Waals surface area contributed by atoms with Crippen molar-refractivity contribution in [1.29, 1.82) is 0 Å². The lowest BCUT2D eigenvalue weighted by atomic mass is 10.0. The van der Waals surface area contributed by atoms with E-state index in [4.69, 9.17) is 4.52 Å². The zero-order chi connectivity index (χ0) is 19.7. The topological polar surface area (TPSA) is 80.9 Å². The van der Waals surface area contributed by atoms with E-state index >= 15 is 0 Å². The molecule has 0 fully saturated rings. The predicted molar refractivity (Wildman–Crippen MR) is 102 cm³/mol. The van der Waals surface area contributed by atoms with Gasteiger partial charge in [0.25, 0.3) is 11.6 Å². The Kier molecular flexibility index (Phi) is 4.57. The van der Waals surface area contributed by atoms with Crippen molar-refractivity contribution in [1.82, 2.24) is 20.4 Å². The number of benzene rings is 1. The van der Waals surface area contributed by atoms with Gasteiger partial charge in [0, 0.05) is 18.0 Å². The molecule has 1 atom stereocenters. The molecule has 1 aromatic carbocycles. The summed E-state index contributed by atoms with van der Waals surface area (Å²) in [6, 6.07) is 11.1. The van der Waals surface area contributed by atoms with Gasteiger partial charge >= 0.3 is 0 Å². The maximum Gasteiger partial charge on any atom is 0.259 e. The van der Waals surface area contributed by atoms with Gasteiger partial charge in [-0.25, -0.2) is 9.37 Å². The van der Waals surface area contributed by atoms with Crippen molar-refractivity contribution in [3.05, 3.63) is 77.5 Å². The first-order valence-corrected chi connectivity index (χ1v) is 8.76. The Bertz CT molecular complexity index is 1140. The van der Waals surface area contributed by atoms with E-state index < -0.39 is 0 Å². The second kappa shape index (κ2) is 7.19. The Balaban J connectivity index is 1.75. The van der Waals surface area contributed by atoms with Gasteiger partial charge in [-0.2, -0.15) is 0 Å². The molecule has 0 saturated carbocycles. The van der Waals surface area contributed by atoms with Gasteiger partial charge < -0.3 is 9.84 Å². The van der Waals surface area contributed by atoms with Crippen LogP contribution in [0.5, 0.6) is 0 Å². The quantitative estimate of drug-likeness (QED) is 0.577.